The number of rotatable bonds is 4. The first kappa shape index (κ1) is 26.1. The van der Waals surface area contributed by atoms with E-state index in [1.165, 1.54) is 18.1 Å². The third-order valence-corrected chi connectivity index (χ3v) is 5.80. The van der Waals surface area contributed by atoms with Crippen molar-refractivity contribution in [3.8, 4) is 17.2 Å². The fourth-order valence-corrected chi connectivity index (χ4v) is 4.13. The van der Waals surface area contributed by atoms with Gasteiger partial charge in [0.05, 0.1) is 18.2 Å². The van der Waals surface area contributed by atoms with E-state index in [1.807, 2.05) is 0 Å². The summed E-state index contributed by atoms with van der Waals surface area (Å²) in [5.41, 5.74) is -0.873. The van der Waals surface area contributed by atoms with Gasteiger partial charge in [-0.2, -0.15) is 13.2 Å². The van der Waals surface area contributed by atoms with E-state index in [0.29, 0.717) is 11.3 Å². The van der Waals surface area contributed by atoms with E-state index < -0.39 is 35.1 Å². The van der Waals surface area contributed by atoms with E-state index >= 15 is 0 Å². The number of fused-ring (bicyclic) bond motifs is 2. The molecule has 4 rings (SSSR count). The first-order chi connectivity index (χ1) is 17.4. The van der Waals surface area contributed by atoms with Crippen molar-refractivity contribution in [2.75, 3.05) is 7.11 Å². The summed E-state index contributed by atoms with van der Waals surface area (Å²) in [6, 6.07) is 14.9. The molecule has 3 aromatic carbocycles. The number of nitrogens with zero attached hydrogens (tertiary/aromatic N) is 1. The van der Waals surface area contributed by atoms with Gasteiger partial charge in [0.2, 0.25) is 5.91 Å². The smallest absolute Gasteiger partial charge is 0.416 e. The van der Waals surface area contributed by atoms with Crippen molar-refractivity contribution in [1.29, 1.82) is 0 Å². The predicted molar refractivity (Wildman–Crippen MR) is 131 cm³/mol. The Labute approximate surface area is 213 Å². The number of methoxy groups -OCH3 is 1. The molecule has 1 aliphatic heterocycles. The highest BCUT2D eigenvalue weighted by molar-refractivity contribution is 6.00. The first-order valence-corrected chi connectivity index (χ1v) is 11.6. The normalized spacial score (nSPS) is 15.6. The maximum Gasteiger partial charge on any atom is 0.416 e. The number of nitrogens with one attached hydrogen (secondary N) is 1. The Morgan fingerprint density at radius 2 is 1.68 bits per heavy atom. The minimum atomic E-state index is -4.66. The van der Waals surface area contributed by atoms with Gasteiger partial charge >= 0.3 is 6.18 Å². The van der Waals surface area contributed by atoms with Crippen LogP contribution in [0.1, 0.15) is 53.9 Å². The van der Waals surface area contributed by atoms with E-state index in [1.54, 1.807) is 69.3 Å². The number of alkyl halides is 3. The molecule has 0 aromatic heterocycles. The highest BCUT2D eigenvalue weighted by Crippen LogP contribution is 2.42. The molecular formula is C28H27F3N2O4. The van der Waals surface area contributed by atoms with E-state index in [0.717, 1.165) is 12.1 Å². The van der Waals surface area contributed by atoms with Gasteiger partial charge in [-0.05, 0) is 68.8 Å². The molecule has 3 aromatic rings. The molecule has 2 amide bonds. The predicted octanol–water partition coefficient (Wildman–Crippen LogP) is 6.12. The summed E-state index contributed by atoms with van der Waals surface area (Å²) >= 11 is 0. The molecule has 0 saturated carbocycles. The largest absolute Gasteiger partial charge is 0.497 e. The highest BCUT2D eigenvalue weighted by atomic mass is 19.4. The summed E-state index contributed by atoms with van der Waals surface area (Å²) in [5.74, 6) is -0.338. The molecule has 1 N–H and O–H groups in total. The first-order valence-electron chi connectivity index (χ1n) is 11.6. The van der Waals surface area contributed by atoms with Crippen LogP contribution in [0.4, 0.5) is 13.2 Å². The molecule has 0 saturated heterocycles. The van der Waals surface area contributed by atoms with Crippen LogP contribution < -0.4 is 14.8 Å². The molecule has 1 aliphatic rings. The second kappa shape index (κ2) is 9.80. The van der Waals surface area contributed by atoms with E-state index in [4.69, 9.17) is 9.47 Å². The fourth-order valence-electron chi connectivity index (χ4n) is 4.13. The lowest BCUT2D eigenvalue weighted by Gasteiger charge is -2.36. The molecule has 0 radical (unpaired) electrons. The lowest BCUT2D eigenvalue weighted by Crippen LogP contribution is -2.49. The van der Waals surface area contributed by atoms with Crippen LogP contribution in [0, 0.1) is 0 Å². The number of carbonyl (C=O) groups excluding carboxylic acids is 2. The number of amides is 2. The van der Waals surface area contributed by atoms with Crippen molar-refractivity contribution in [3.63, 3.8) is 0 Å². The number of hydrogen-bond donors (Lipinski definition) is 1. The van der Waals surface area contributed by atoms with Crippen molar-refractivity contribution in [2.45, 2.75) is 45.1 Å². The van der Waals surface area contributed by atoms with Gasteiger partial charge in [0.1, 0.15) is 23.3 Å². The monoisotopic (exact) mass is 512 g/mol. The highest BCUT2D eigenvalue weighted by Gasteiger charge is 2.40. The summed E-state index contributed by atoms with van der Waals surface area (Å²) in [6.45, 7) is 5.21. The zero-order valence-electron chi connectivity index (χ0n) is 20.8. The molecule has 0 aliphatic carbocycles. The van der Waals surface area contributed by atoms with Crippen LogP contribution in [0.2, 0.25) is 0 Å². The topological polar surface area (TPSA) is 67.9 Å². The second-order valence-corrected chi connectivity index (χ2v) is 9.77. The van der Waals surface area contributed by atoms with Crippen molar-refractivity contribution in [3.05, 3.63) is 89.0 Å². The molecule has 0 spiro atoms. The Morgan fingerprint density at radius 3 is 2.30 bits per heavy atom. The maximum atomic E-state index is 13.9. The SMILES string of the molecule is COc1ccc(CN2C(=O)c3ccccc3Oc3ccc(C(F)(F)F)cc3C2C(=O)NC(C)(C)C)cc1. The third kappa shape index (κ3) is 5.71. The summed E-state index contributed by atoms with van der Waals surface area (Å²) in [7, 11) is 1.52. The van der Waals surface area contributed by atoms with Gasteiger partial charge in [-0.25, -0.2) is 0 Å². The fraction of sp³-hybridized carbons (Fsp3) is 0.286. The maximum absolute atomic E-state index is 13.9. The number of ether oxygens (including phenoxy) is 2. The molecule has 0 bridgehead atoms. The number of carbonyl (C=O) groups is 2. The van der Waals surface area contributed by atoms with E-state index in [2.05, 4.69) is 5.32 Å². The van der Waals surface area contributed by atoms with Gasteiger partial charge in [0.25, 0.3) is 5.91 Å². The van der Waals surface area contributed by atoms with Crippen molar-refractivity contribution in [2.24, 2.45) is 0 Å². The number of benzene rings is 3. The average Bonchev–Trinajstić information content (AvgIpc) is 2.82. The van der Waals surface area contributed by atoms with Gasteiger partial charge in [-0.1, -0.05) is 24.3 Å². The summed E-state index contributed by atoms with van der Waals surface area (Å²) in [6.07, 6.45) is -4.66. The lowest BCUT2D eigenvalue weighted by molar-refractivity contribution is -0.138. The Kier molecular flexibility index (Phi) is 6.90. The molecule has 37 heavy (non-hydrogen) atoms. The van der Waals surface area contributed by atoms with E-state index in [-0.39, 0.29) is 29.2 Å². The minimum Gasteiger partial charge on any atom is -0.497 e. The van der Waals surface area contributed by atoms with Gasteiger partial charge < -0.3 is 19.7 Å². The van der Waals surface area contributed by atoms with Gasteiger partial charge in [0, 0.05) is 17.6 Å². The van der Waals surface area contributed by atoms with Gasteiger partial charge in [-0.3, -0.25) is 9.59 Å². The summed E-state index contributed by atoms with van der Waals surface area (Å²) in [5, 5.41) is 2.83. The standard InChI is InChI=1S/C28H27F3N2O4/c1-27(2,3)32-25(34)24-21-15-18(28(29,30)31)11-14-23(21)37-22-8-6-5-7-20(22)26(35)33(24)16-17-9-12-19(36-4)13-10-17/h5-15,24H,16H2,1-4H3,(H,32,34). The zero-order chi connectivity index (χ0) is 27.0. The average molecular weight is 513 g/mol. The Balaban J connectivity index is 1.94. The van der Waals surface area contributed by atoms with Crippen LogP contribution in [0.5, 0.6) is 17.2 Å². The molecular weight excluding hydrogens is 485 g/mol. The van der Waals surface area contributed by atoms with Gasteiger partial charge in [0.15, 0.2) is 0 Å². The third-order valence-electron chi connectivity index (χ3n) is 5.80. The van der Waals surface area contributed by atoms with Crippen LogP contribution >= 0.6 is 0 Å². The Morgan fingerprint density at radius 1 is 1.00 bits per heavy atom. The summed E-state index contributed by atoms with van der Waals surface area (Å²) in [4.78, 5) is 28.9. The lowest BCUT2D eigenvalue weighted by atomic mass is 9.96. The molecule has 1 unspecified atom stereocenters. The van der Waals surface area contributed by atoms with Crippen molar-refractivity contribution < 1.29 is 32.2 Å². The van der Waals surface area contributed by atoms with Crippen LogP contribution in [0.3, 0.4) is 0 Å². The Hall–Kier alpha value is -4.01. The van der Waals surface area contributed by atoms with Crippen LogP contribution in [0.15, 0.2) is 66.7 Å². The second-order valence-electron chi connectivity index (χ2n) is 9.77. The van der Waals surface area contributed by atoms with Crippen LogP contribution in [-0.4, -0.2) is 29.4 Å². The molecule has 1 heterocycles. The molecule has 0 fully saturated rings. The van der Waals surface area contributed by atoms with Gasteiger partial charge in [-0.15, -0.1) is 0 Å². The number of halogens is 3. The quantitative estimate of drug-likeness (QED) is 0.458. The number of hydrogen-bond acceptors (Lipinski definition) is 4. The van der Waals surface area contributed by atoms with Crippen molar-refractivity contribution >= 4 is 11.8 Å². The molecule has 1 atom stereocenters. The molecule has 6 nitrogen and oxygen atoms in total. The van der Waals surface area contributed by atoms with Crippen LogP contribution in [0.25, 0.3) is 0 Å². The Bertz CT molecular complexity index is 1310. The zero-order valence-corrected chi connectivity index (χ0v) is 20.8. The summed E-state index contributed by atoms with van der Waals surface area (Å²) < 4.78 is 52.4. The number of para-hydroxylation sites is 1. The van der Waals surface area contributed by atoms with Crippen molar-refractivity contribution in [1.82, 2.24) is 10.2 Å². The van der Waals surface area contributed by atoms with Crippen LogP contribution in [-0.2, 0) is 17.5 Å². The molecule has 9 heteroatoms. The van der Waals surface area contributed by atoms with E-state index in [9.17, 15) is 22.8 Å². The minimum absolute atomic E-state index is 0.0466. The molecule has 194 valence electrons.